The number of methoxy groups -OCH3 is 2. The Morgan fingerprint density at radius 2 is 1.60 bits per heavy atom. The minimum absolute atomic E-state index is 0.214. The number of aromatic nitrogens is 3. The number of nitrogens with one attached hydrogen (secondary N) is 4. The van der Waals surface area contributed by atoms with Crippen molar-refractivity contribution in [2.45, 2.75) is 26.3 Å². The molecule has 0 aliphatic heterocycles. The molecule has 2 aromatic carbocycles. The Morgan fingerprint density at radius 3 is 2.33 bits per heavy atom. The average molecular weight is 583 g/mol. The summed E-state index contributed by atoms with van der Waals surface area (Å²) in [5.74, 6) is 2.20. The van der Waals surface area contributed by atoms with Gasteiger partial charge in [-0.05, 0) is 30.7 Å². The molecular formula is C29H42N8O5. The summed E-state index contributed by atoms with van der Waals surface area (Å²) in [4.78, 5) is 26.3. The van der Waals surface area contributed by atoms with E-state index in [2.05, 4.69) is 43.1 Å². The summed E-state index contributed by atoms with van der Waals surface area (Å²) < 4.78 is 21.7. The van der Waals surface area contributed by atoms with Crippen molar-refractivity contribution in [2.24, 2.45) is 5.73 Å². The van der Waals surface area contributed by atoms with E-state index in [9.17, 15) is 4.79 Å². The molecule has 6 N–H and O–H groups in total. The Hall–Kier alpha value is -4.20. The molecule has 0 unspecified atom stereocenters. The van der Waals surface area contributed by atoms with Crippen LogP contribution < -0.4 is 36.5 Å². The Morgan fingerprint density at radius 1 is 0.857 bits per heavy atom. The Kier molecular flexibility index (Phi) is 14.1. The number of amides is 1. The van der Waals surface area contributed by atoms with E-state index in [1.54, 1.807) is 32.4 Å². The van der Waals surface area contributed by atoms with Crippen LogP contribution in [0.15, 0.2) is 42.5 Å². The van der Waals surface area contributed by atoms with Gasteiger partial charge in [-0.3, -0.25) is 4.79 Å². The van der Waals surface area contributed by atoms with E-state index in [1.807, 2.05) is 24.3 Å². The molecule has 13 heteroatoms. The summed E-state index contributed by atoms with van der Waals surface area (Å²) in [5, 5.41) is 12.6. The second-order valence-electron chi connectivity index (χ2n) is 9.07. The van der Waals surface area contributed by atoms with Gasteiger partial charge in [0.25, 0.3) is 5.91 Å². The Labute approximate surface area is 246 Å². The van der Waals surface area contributed by atoms with E-state index >= 15 is 0 Å². The number of carbonyl (C=O) groups is 1. The largest absolute Gasteiger partial charge is 0.493 e. The zero-order valence-corrected chi connectivity index (χ0v) is 24.6. The van der Waals surface area contributed by atoms with Gasteiger partial charge in [0.05, 0.1) is 40.6 Å². The van der Waals surface area contributed by atoms with Crippen molar-refractivity contribution in [1.29, 1.82) is 0 Å². The number of hydrogen-bond donors (Lipinski definition) is 5. The fourth-order valence-electron chi connectivity index (χ4n) is 3.85. The number of anilines is 4. The van der Waals surface area contributed by atoms with E-state index < -0.39 is 0 Å². The summed E-state index contributed by atoms with van der Waals surface area (Å²) in [6.07, 6.45) is 2.01. The number of ether oxygens (including phenoxy) is 4. The molecule has 0 bridgehead atoms. The third kappa shape index (κ3) is 10.7. The third-order valence-electron chi connectivity index (χ3n) is 5.92. The fraction of sp³-hybridized carbons (Fsp3) is 0.448. The quantitative estimate of drug-likeness (QED) is 0.124. The van der Waals surface area contributed by atoms with Gasteiger partial charge < -0.3 is 45.9 Å². The molecule has 3 rings (SSSR count). The monoisotopic (exact) mass is 582 g/mol. The number of carbonyl (C=O) groups excluding carboxylic acids is 1. The van der Waals surface area contributed by atoms with Crippen LogP contribution >= 0.6 is 0 Å². The molecule has 42 heavy (non-hydrogen) atoms. The minimum Gasteiger partial charge on any atom is -0.493 e. The van der Waals surface area contributed by atoms with Crippen LogP contribution in [0.3, 0.4) is 0 Å². The van der Waals surface area contributed by atoms with E-state index in [4.69, 9.17) is 24.7 Å². The molecule has 0 saturated heterocycles. The van der Waals surface area contributed by atoms with E-state index in [0.29, 0.717) is 86.7 Å². The summed E-state index contributed by atoms with van der Waals surface area (Å²) in [7, 11) is 3.20. The van der Waals surface area contributed by atoms with E-state index in [1.165, 1.54) is 0 Å². The lowest BCUT2D eigenvalue weighted by molar-refractivity contribution is 0.0511. The first kappa shape index (κ1) is 32.3. The first-order chi connectivity index (χ1) is 20.6. The number of rotatable bonds is 20. The highest BCUT2D eigenvalue weighted by molar-refractivity contribution is 5.95. The molecule has 3 aromatic rings. The van der Waals surface area contributed by atoms with Crippen LogP contribution in [0.4, 0.5) is 23.5 Å². The lowest BCUT2D eigenvalue weighted by Gasteiger charge is -2.14. The highest BCUT2D eigenvalue weighted by atomic mass is 16.5. The lowest BCUT2D eigenvalue weighted by Crippen LogP contribution is -2.27. The first-order valence-electron chi connectivity index (χ1n) is 14.0. The van der Waals surface area contributed by atoms with Crippen LogP contribution in [0.1, 0.15) is 35.7 Å². The van der Waals surface area contributed by atoms with Crippen LogP contribution in [0.25, 0.3) is 0 Å². The molecule has 0 atom stereocenters. The van der Waals surface area contributed by atoms with Crippen molar-refractivity contribution in [2.75, 3.05) is 76.2 Å². The van der Waals surface area contributed by atoms with Gasteiger partial charge in [-0.15, -0.1) is 0 Å². The first-order valence-corrected chi connectivity index (χ1v) is 14.0. The van der Waals surface area contributed by atoms with Gasteiger partial charge in [-0.2, -0.15) is 15.0 Å². The Balaban J connectivity index is 1.65. The predicted octanol–water partition coefficient (Wildman–Crippen LogP) is 3.18. The van der Waals surface area contributed by atoms with Gasteiger partial charge in [-0.1, -0.05) is 31.5 Å². The number of unbranched alkanes of at least 4 members (excludes halogenated alkanes) is 1. The molecule has 0 aliphatic rings. The van der Waals surface area contributed by atoms with Crippen molar-refractivity contribution in [1.82, 2.24) is 20.3 Å². The molecule has 1 amide bonds. The zero-order chi connectivity index (χ0) is 30.0. The normalized spacial score (nSPS) is 10.7. The van der Waals surface area contributed by atoms with Crippen LogP contribution in [-0.2, 0) is 16.0 Å². The molecule has 0 fully saturated rings. The van der Waals surface area contributed by atoms with Crippen molar-refractivity contribution in [3.63, 3.8) is 0 Å². The zero-order valence-electron chi connectivity index (χ0n) is 24.6. The van der Waals surface area contributed by atoms with Crippen LogP contribution in [-0.4, -0.2) is 81.1 Å². The molecule has 0 spiro atoms. The maximum absolute atomic E-state index is 12.7. The average Bonchev–Trinajstić information content (AvgIpc) is 3.01. The number of para-hydroxylation sites is 1. The molecule has 0 saturated carbocycles. The standard InChI is InChI=1S/C29H42N8O5/c1-4-5-13-32-27-35-28(33-20-22-9-7-11-24(39-2)25(22)40-3)37-29(36-27)34-23-10-6-8-21(19-23)26(38)31-14-16-42-18-17-41-15-12-30/h6-11,19H,4-5,12-18,20,30H2,1-3H3,(H,31,38)(H3,32,33,34,35,36,37). The maximum Gasteiger partial charge on any atom is 0.251 e. The number of nitrogens with zero attached hydrogens (tertiary/aromatic N) is 3. The second kappa shape index (κ2) is 18.3. The molecule has 0 radical (unpaired) electrons. The molecular weight excluding hydrogens is 540 g/mol. The second-order valence-corrected chi connectivity index (χ2v) is 9.07. The van der Waals surface area contributed by atoms with E-state index in [0.717, 1.165) is 24.9 Å². The van der Waals surface area contributed by atoms with Crippen molar-refractivity contribution < 1.29 is 23.7 Å². The summed E-state index contributed by atoms with van der Waals surface area (Å²) in [6.45, 7) is 5.90. The fourth-order valence-corrected chi connectivity index (χ4v) is 3.85. The number of benzene rings is 2. The van der Waals surface area contributed by atoms with Crippen molar-refractivity contribution >= 4 is 29.4 Å². The summed E-state index contributed by atoms with van der Waals surface area (Å²) in [5.41, 5.74) is 7.41. The van der Waals surface area contributed by atoms with Gasteiger partial charge in [0.1, 0.15) is 0 Å². The maximum atomic E-state index is 12.7. The van der Waals surface area contributed by atoms with Crippen molar-refractivity contribution in [3.05, 3.63) is 53.6 Å². The minimum atomic E-state index is -0.214. The number of hydrogen-bond acceptors (Lipinski definition) is 12. The topological polar surface area (TPSA) is 167 Å². The van der Waals surface area contributed by atoms with Crippen LogP contribution in [0, 0.1) is 0 Å². The molecule has 1 heterocycles. The van der Waals surface area contributed by atoms with E-state index in [-0.39, 0.29) is 5.91 Å². The van der Waals surface area contributed by atoms with Gasteiger partial charge in [0, 0.05) is 43.0 Å². The van der Waals surface area contributed by atoms with Gasteiger partial charge in [0.15, 0.2) is 11.5 Å². The SMILES string of the molecule is CCCCNc1nc(NCc2cccc(OC)c2OC)nc(Nc2cccc(C(=O)NCCOCCOCCN)c2)n1. The highest BCUT2D eigenvalue weighted by Gasteiger charge is 2.12. The summed E-state index contributed by atoms with van der Waals surface area (Å²) >= 11 is 0. The highest BCUT2D eigenvalue weighted by Crippen LogP contribution is 2.31. The van der Waals surface area contributed by atoms with Gasteiger partial charge >= 0.3 is 0 Å². The summed E-state index contributed by atoms with van der Waals surface area (Å²) in [6, 6.07) is 12.8. The molecule has 13 nitrogen and oxygen atoms in total. The smallest absolute Gasteiger partial charge is 0.251 e. The molecule has 0 aliphatic carbocycles. The third-order valence-corrected chi connectivity index (χ3v) is 5.92. The van der Waals surface area contributed by atoms with Gasteiger partial charge in [-0.25, -0.2) is 0 Å². The molecule has 228 valence electrons. The van der Waals surface area contributed by atoms with Crippen LogP contribution in [0.5, 0.6) is 11.5 Å². The van der Waals surface area contributed by atoms with Crippen molar-refractivity contribution in [3.8, 4) is 11.5 Å². The van der Waals surface area contributed by atoms with Gasteiger partial charge in [0.2, 0.25) is 17.8 Å². The lowest BCUT2D eigenvalue weighted by atomic mass is 10.2. The Bertz CT molecular complexity index is 1250. The number of nitrogens with two attached hydrogens (primary N) is 1. The molecule has 1 aromatic heterocycles. The predicted molar refractivity (Wildman–Crippen MR) is 163 cm³/mol. The van der Waals surface area contributed by atoms with Crippen LogP contribution in [0.2, 0.25) is 0 Å².